The van der Waals surface area contributed by atoms with Crippen LogP contribution in [0.4, 0.5) is 5.82 Å². The Kier molecular flexibility index (Phi) is 9.48. The Morgan fingerprint density at radius 1 is 0.891 bits per heavy atom. The van der Waals surface area contributed by atoms with E-state index >= 15 is 0 Å². The molecule has 234 valence electrons. The van der Waals surface area contributed by atoms with Crippen LogP contribution >= 0.6 is 0 Å². The lowest BCUT2D eigenvalue weighted by molar-refractivity contribution is 0.0360. The molecule has 46 heavy (non-hydrogen) atoms. The fourth-order valence-electron chi connectivity index (χ4n) is 6.32. The second-order valence-corrected chi connectivity index (χ2v) is 12.0. The molecule has 10 heteroatoms. The fourth-order valence-corrected chi connectivity index (χ4v) is 6.32. The third-order valence-electron chi connectivity index (χ3n) is 9.04. The molecule has 0 radical (unpaired) electrons. The summed E-state index contributed by atoms with van der Waals surface area (Å²) in [5.41, 5.74) is 2.30. The van der Waals surface area contributed by atoms with E-state index in [0.29, 0.717) is 61.9 Å². The SMILES string of the molecule is N#Cc1ccc(N2CCCC3(CCN(C(=O)c4ccncn4)CC3)COc3ccccc3C(=O)N(Cc3ccccc3)CC2)nc1. The number of fused-ring (bicyclic) bond motifs is 1. The molecule has 0 unspecified atom stereocenters. The second kappa shape index (κ2) is 14.2. The van der Waals surface area contributed by atoms with Crippen LogP contribution in [0.1, 0.15) is 57.7 Å². The van der Waals surface area contributed by atoms with Crippen molar-refractivity contribution in [1.29, 1.82) is 5.26 Å². The van der Waals surface area contributed by atoms with E-state index in [1.807, 2.05) is 70.5 Å². The van der Waals surface area contributed by atoms with Gasteiger partial charge in [0.25, 0.3) is 11.8 Å². The van der Waals surface area contributed by atoms with Gasteiger partial charge >= 0.3 is 0 Å². The molecule has 10 nitrogen and oxygen atoms in total. The maximum Gasteiger partial charge on any atom is 0.272 e. The number of nitrogens with zero attached hydrogens (tertiary/aromatic N) is 7. The number of nitriles is 1. The minimum absolute atomic E-state index is 0.0877. The van der Waals surface area contributed by atoms with E-state index in [1.54, 1.807) is 24.5 Å². The maximum atomic E-state index is 14.2. The van der Waals surface area contributed by atoms with Crippen LogP contribution in [0.5, 0.6) is 5.75 Å². The number of hydrogen-bond donors (Lipinski definition) is 0. The van der Waals surface area contributed by atoms with Gasteiger partial charge in [0.15, 0.2) is 0 Å². The van der Waals surface area contributed by atoms with Gasteiger partial charge in [0.1, 0.15) is 29.7 Å². The normalized spacial score (nSPS) is 17.1. The summed E-state index contributed by atoms with van der Waals surface area (Å²) in [4.78, 5) is 46.0. The lowest BCUT2D eigenvalue weighted by Gasteiger charge is -2.42. The molecular formula is C36H37N7O3. The third-order valence-corrected chi connectivity index (χ3v) is 9.04. The quantitative estimate of drug-likeness (QED) is 0.316. The number of aromatic nitrogens is 3. The average molecular weight is 616 g/mol. The molecule has 2 aromatic carbocycles. The first kappa shape index (κ1) is 30.7. The first-order valence-electron chi connectivity index (χ1n) is 15.8. The van der Waals surface area contributed by atoms with Crippen molar-refractivity contribution in [3.8, 4) is 11.8 Å². The number of pyridine rings is 1. The second-order valence-electron chi connectivity index (χ2n) is 12.0. The van der Waals surface area contributed by atoms with Gasteiger partial charge in [-0.1, -0.05) is 42.5 Å². The van der Waals surface area contributed by atoms with Crippen LogP contribution in [0, 0.1) is 16.7 Å². The van der Waals surface area contributed by atoms with Gasteiger partial charge in [0.2, 0.25) is 0 Å². The lowest BCUT2D eigenvalue weighted by Crippen LogP contribution is -2.46. The Balaban J connectivity index is 1.28. The van der Waals surface area contributed by atoms with Gasteiger partial charge in [0.05, 0.1) is 17.7 Å². The number of ether oxygens (including phenoxy) is 1. The van der Waals surface area contributed by atoms with Crippen LogP contribution in [0.15, 0.2) is 91.5 Å². The molecule has 1 fully saturated rings. The van der Waals surface area contributed by atoms with Crippen LogP contribution in [-0.4, -0.2) is 75.9 Å². The van der Waals surface area contributed by atoms with Gasteiger partial charge in [-0.3, -0.25) is 9.59 Å². The van der Waals surface area contributed by atoms with Crippen molar-refractivity contribution < 1.29 is 14.3 Å². The van der Waals surface area contributed by atoms with E-state index in [1.165, 1.54) is 6.33 Å². The summed E-state index contributed by atoms with van der Waals surface area (Å²) in [6.07, 6.45) is 7.89. The molecule has 2 aliphatic heterocycles. The molecule has 2 aromatic heterocycles. The summed E-state index contributed by atoms with van der Waals surface area (Å²) in [5.74, 6) is 1.17. The van der Waals surface area contributed by atoms with Gasteiger partial charge in [0, 0.05) is 57.1 Å². The molecule has 4 aromatic rings. The molecule has 0 bridgehead atoms. The van der Waals surface area contributed by atoms with Gasteiger partial charge in [-0.2, -0.15) is 5.26 Å². The standard InChI is InChI=1S/C36H37N7O3/c37-23-29-11-12-33(39-24-29)41-18-6-14-36(15-19-42(20-16-36)35(45)31-13-17-38-27-40-31)26-46-32-10-5-4-9-30(32)34(44)43(22-21-41)25-28-7-2-1-3-8-28/h1-5,7-13,17,24,27H,6,14-16,18-22,25-26H2. The van der Waals surface area contributed by atoms with Crippen molar-refractivity contribution in [2.45, 2.75) is 32.2 Å². The van der Waals surface area contributed by atoms with Gasteiger partial charge in [-0.25, -0.2) is 15.0 Å². The van der Waals surface area contributed by atoms with Crippen molar-refractivity contribution >= 4 is 17.6 Å². The lowest BCUT2D eigenvalue weighted by atomic mass is 9.75. The Hall–Kier alpha value is -5.30. The zero-order valence-corrected chi connectivity index (χ0v) is 25.8. The summed E-state index contributed by atoms with van der Waals surface area (Å²) in [5, 5.41) is 9.33. The number of rotatable bonds is 4. The van der Waals surface area contributed by atoms with Crippen LogP contribution < -0.4 is 9.64 Å². The molecule has 2 aliphatic rings. The number of para-hydroxylation sites is 1. The van der Waals surface area contributed by atoms with E-state index in [9.17, 15) is 14.9 Å². The number of hydrogen-bond acceptors (Lipinski definition) is 8. The van der Waals surface area contributed by atoms with E-state index in [4.69, 9.17) is 4.74 Å². The fraction of sp³-hybridized carbons (Fsp3) is 0.333. The largest absolute Gasteiger partial charge is 0.492 e. The highest BCUT2D eigenvalue weighted by molar-refractivity contribution is 5.97. The zero-order chi connectivity index (χ0) is 31.8. The van der Waals surface area contributed by atoms with Crippen LogP contribution in [0.2, 0.25) is 0 Å². The molecule has 0 atom stereocenters. The number of likely N-dealkylation sites (tertiary alicyclic amines) is 1. The van der Waals surface area contributed by atoms with Crippen molar-refractivity contribution in [3.63, 3.8) is 0 Å². The third kappa shape index (κ3) is 7.15. The van der Waals surface area contributed by atoms with E-state index in [-0.39, 0.29) is 17.2 Å². The summed E-state index contributed by atoms with van der Waals surface area (Å²) in [7, 11) is 0. The van der Waals surface area contributed by atoms with Gasteiger partial charge in [-0.15, -0.1) is 0 Å². The highest BCUT2D eigenvalue weighted by Gasteiger charge is 2.37. The van der Waals surface area contributed by atoms with Crippen molar-refractivity contribution in [2.24, 2.45) is 5.41 Å². The Morgan fingerprint density at radius 3 is 2.43 bits per heavy atom. The maximum absolute atomic E-state index is 14.2. The minimum Gasteiger partial charge on any atom is -0.492 e. The molecule has 1 saturated heterocycles. The number of carbonyl (C=O) groups is 2. The van der Waals surface area contributed by atoms with E-state index < -0.39 is 0 Å². The summed E-state index contributed by atoms with van der Waals surface area (Å²) in [6, 6.07) is 24.9. The molecule has 0 N–H and O–H groups in total. The number of benzene rings is 2. The molecule has 0 saturated carbocycles. The summed E-state index contributed by atoms with van der Waals surface area (Å²) < 4.78 is 6.55. The Morgan fingerprint density at radius 2 is 1.70 bits per heavy atom. The molecule has 2 amide bonds. The monoisotopic (exact) mass is 615 g/mol. The number of piperidine rings is 1. The number of anilines is 1. The minimum atomic E-state index is -0.180. The van der Waals surface area contributed by atoms with Gasteiger partial charge in [-0.05, 0) is 61.6 Å². The van der Waals surface area contributed by atoms with E-state index in [0.717, 1.165) is 43.6 Å². The summed E-state index contributed by atoms with van der Waals surface area (Å²) in [6.45, 7) is 3.88. The smallest absolute Gasteiger partial charge is 0.272 e. The van der Waals surface area contributed by atoms with Crippen molar-refractivity contribution in [1.82, 2.24) is 24.8 Å². The Labute approximate surface area is 269 Å². The first-order valence-corrected chi connectivity index (χ1v) is 15.8. The zero-order valence-electron chi connectivity index (χ0n) is 25.8. The number of carbonyl (C=O) groups excluding carboxylic acids is 2. The highest BCUT2D eigenvalue weighted by Crippen LogP contribution is 2.38. The summed E-state index contributed by atoms with van der Waals surface area (Å²) >= 11 is 0. The van der Waals surface area contributed by atoms with Crippen molar-refractivity contribution in [3.05, 3.63) is 114 Å². The predicted octanol–water partition coefficient (Wildman–Crippen LogP) is 4.99. The van der Waals surface area contributed by atoms with Crippen molar-refractivity contribution in [2.75, 3.05) is 44.2 Å². The predicted molar refractivity (Wildman–Crippen MR) is 173 cm³/mol. The first-order chi connectivity index (χ1) is 22.5. The molecule has 1 spiro atoms. The molecular weight excluding hydrogens is 578 g/mol. The molecule has 6 rings (SSSR count). The topological polar surface area (TPSA) is 116 Å². The van der Waals surface area contributed by atoms with Crippen LogP contribution in [-0.2, 0) is 6.54 Å². The molecule has 4 heterocycles. The van der Waals surface area contributed by atoms with E-state index in [2.05, 4.69) is 25.9 Å². The highest BCUT2D eigenvalue weighted by atomic mass is 16.5. The van der Waals surface area contributed by atoms with Crippen LogP contribution in [0.3, 0.4) is 0 Å². The average Bonchev–Trinajstić information content (AvgIpc) is 3.13. The number of amides is 2. The Bertz CT molecular complexity index is 1670. The molecule has 0 aliphatic carbocycles. The van der Waals surface area contributed by atoms with Crippen LogP contribution in [0.25, 0.3) is 0 Å². The van der Waals surface area contributed by atoms with Gasteiger partial charge < -0.3 is 19.4 Å².